The number of hydrogen-bond donors (Lipinski definition) is 0. The summed E-state index contributed by atoms with van der Waals surface area (Å²) in [5.74, 6) is 1.28. The fourth-order valence-electron chi connectivity index (χ4n) is 5.81. The van der Waals surface area contributed by atoms with Crippen molar-refractivity contribution in [1.29, 1.82) is 0 Å². The average Bonchev–Trinajstić information content (AvgIpc) is 3.63. The lowest BCUT2D eigenvalue weighted by atomic mass is 9.58. The van der Waals surface area contributed by atoms with Gasteiger partial charge in [-0.15, -0.1) is 0 Å². The minimum atomic E-state index is -0.163. The molecule has 1 spiro atoms. The van der Waals surface area contributed by atoms with Crippen molar-refractivity contribution in [3.8, 4) is 11.4 Å². The smallest absolute Gasteiger partial charge is 0.316 e. The fraction of sp³-hybridized carbons (Fsp3) is 0.407. The van der Waals surface area contributed by atoms with Crippen LogP contribution in [0.5, 0.6) is 0 Å². The van der Waals surface area contributed by atoms with E-state index in [0.29, 0.717) is 18.3 Å². The van der Waals surface area contributed by atoms with E-state index >= 15 is 0 Å². The zero-order chi connectivity index (χ0) is 23.3. The van der Waals surface area contributed by atoms with Gasteiger partial charge < -0.3 is 4.90 Å². The molecular weight excluding hydrogens is 424 g/mol. The van der Waals surface area contributed by atoms with Crippen LogP contribution < -0.4 is 4.90 Å². The Labute approximate surface area is 200 Å². The van der Waals surface area contributed by atoms with Crippen molar-refractivity contribution in [3.05, 3.63) is 72.8 Å². The second-order valence-corrected chi connectivity index (χ2v) is 10.3. The first-order valence-electron chi connectivity index (χ1n) is 12.1. The van der Waals surface area contributed by atoms with Crippen LogP contribution in [0, 0.1) is 5.92 Å². The lowest BCUT2D eigenvalue weighted by molar-refractivity contribution is -0.0680. The molecule has 0 N–H and O–H groups in total. The summed E-state index contributed by atoms with van der Waals surface area (Å²) in [7, 11) is 4.32. The largest absolute Gasteiger partial charge is 0.325 e. The van der Waals surface area contributed by atoms with Gasteiger partial charge in [-0.1, -0.05) is 30.3 Å². The van der Waals surface area contributed by atoms with Crippen LogP contribution in [0.3, 0.4) is 0 Å². The number of aromatic nitrogens is 3. The topological polar surface area (TPSA) is 65.5 Å². The van der Waals surface area contributed by atoms with Gasteiger partial charge in [0.05, 0.1) is 35.7 Å². The van der Waals surface area contributed by atoms with Gasteiger partial charge in [0.2, 0.25) is 0 Å². The number of carbonyl (C=O) groups is 1. The molecule has 7 heteroatoms. The second-order valence-electron chi connectivity index (χ2n) is 10.3. The van der Waals surface area contributed by atoms with E-state index in [-0.39, 0.29) is 17.1 Å². The summed E-state index contributed by atoms with van der Waals surface area (Å²) in [6.07, 6.45) is 11.3. The minimum Gasteiger partial charge on any atom is -0.316 e. The first-order chi connectivity index (χ1) is 16.5. The third kappa shape index (κ3) is 3.38. The molecule has 1 aromatic carbocycles. The van der Waals surface area contributed by atoms with Crippen LogP contribution in [0.15, 0.2) is 67.3 Å². The van der Waals surface area contributed by atoms with E-state index in [0.717, 1.165) is 30.6 Å². The highest BCUT2D eigenvalue weighted by molar-refractivity contribution is 5.95. The van der Waals surface area contributed by atoms with Gasteiger partial charge in [0.1, 0.15) is 0 Å². The number of rotatable bonds is 6. The van der Waals surface area contributed by atoms with Crippen LogP contribution in [-0.2, 0) is 5.54 Å². The number of pyridine rings is 1. The average molecular weight is 455 g/mol. The Bertz CT molecular complexity index is 1170. The Kier molecular flexibility index (Phi) is 4.92. The molecule has 34 heavy (non-hydrogen) atoms. The maximum absolute atomic E-state index is 13.7. The van der Waals surface area contributed by atoms with Gasteiger partial charge in [-0.2, -0.15) is 0 Å². The van der Waals surface area contributed by atoms with Gasteiger partial charge in [0.15, 0.2) is 5.82 Å². The third-order valence-electron chi connectivity index (χ3n) is 7.92. The SMILES string of the molecule is CN(C)[C@]1(c2ccccc2)C[C@@]2(CN(c3cnc(-c4ccncc4)nc3)C(=O)N2CC2CC2)C1. The zero-order valence-corrected chi connectivity index (χ0v) is 19.8. The molecular formula is C27H30N6O. The Balaban J connectivity index is 1.30. The highest BCUT2D eigenvalue weighted by Gasteiger charge is 2.65. The van der Waals surface area contributed by atoms with Crippen LogP contribution in [-0.4, -0.2) is 63.5 Å². The molecule has 7 nitrogen and oxygen atoms in total. The van der Waals surface area contributed by atoms with Crippen molar-refractivity contribution < 1.29 is 4.79 Å². The first-order valence-corrected chi connectivity index (χ1v) is 12.1. The molecule has 3 aliphatic rings. The molecule has 174 valence electrons. The number of amides is 2. The molecule has 2 amide bonds. The van der Waals surface area contributed by atoms with E-state index in [1.54, 1.807) is 24.8 Å². The van der Waals surface area contributed by atoms with Crippen molar-refractivity contribution >= 4 is 11.7 Å². The number of benzene rings is 1. The Hall–Kier alpha value is -3.32. The molecule has 1 saturated heterocycles. The van der Waals surface area contributed by atoms with E-state index in [1.165, 1.54) is 18.4 Å². The second kappa shape index (κ2) is 7.87. The normalized spacial score (nSPS) is 26.4. The highest BCUT2D eigenvalue weighted by Crippen LogP contribution is 2.57. The molecule has 3 aromatic rings. The monoisotopic (exact) mass is 454 g/mol. The molecule has 2 saturated carbocycles. The van der Waals surface area contributed by atoms with E-state index < -0.39 is 0 Å². The summed E-state index contributed by atoms with van der Waals surface area (Å²) in [6, 6.07) is 14.6. The molecule has 0 unspecified atom stereocenters. The molecule has 1 aliphatic heterocycles. The van der Waals surface area contributed by atoms with Crippen LogP contribution in [0.25, 0.3) is 11.4 Å². The quantitative estimate of drug-likeness (QED) is 0.559. The molecule has 3 heterocycles. The molecule has 0 bridgehead atoms. The van der Waals surface area contributed by atoms with Crippen LogP contribution in [0.4, 0.5) is 10.5 Å². The lowest BCUT2D eigenvalue weighted by Crippen LogP contribution is -2.67. The van der Waals surface area contributed by atoms with Gasteiger partial charge in [-0.3, -0.25) is 14.8 Å². The van der Waals surface area contributed by atoms with Gasteiger partial charge in [-0.25, -0.2) is 14.8 Å². The van der Waals surface area contributed by atoms with E-state index in [1.807, 2.05) is 17.0 Å². The van der Waals surface area contributed by atoms with Crippen molar-refractivity contribution in [2.75, 3.05) is 32.1 Å². The molecule has 2 aromatic heterocycles. The summed E-state index contributed by atoms with van der Waals surface area (Å²) in [6.45, 7) is 1.53. The standard InChI is InChI=1S/C27H30N6O/c1-31(2)27(22-6-4-3-5-7-22)17-26(18-27)19-32(25(34)33(26)16-20-8-9-20)23-14-29-24(30-15-23)21-10-12-28-13-11-21/h3-7,10-15,20H,8-9,16-19H2,1-2H3/t26-,27+. The molecule has 3 fully saturated rings. The third-order valence-corrected chi connectivity index (χ3v) is 7.92. The maximum Gasteiger partial charge on any atom is 0.325 e. The fourth-order valence-corrected chi connectivity index (χ4v) is 5.81. The zero-order valence-electron chi connectivity index (χ0n) is 19.8. The van der Waals surface area contributed by atoms with Gasteiger partial charge >= 0.3 is 6.03 Å². The highest BCUT2D eigenvalue weighted by atomic mass is 16.2. The Morgan fingerprint density at radius 1 is 1.00 bits per heavy atom. The maximum atomic E-state index is 13.7. The number of anilines is 1. The summed E-state index contributed by atoms with van der Waals surface area (Å²) in [5.41, 5.74) is 2.79. The van der Waals surface area contributed by atoms with Gasteiger partial charge in [0.25, 0.3) is 0 Å². The predicted molar refractivity (Wildman–Crippen MR) is 131 cm³/mol. The summed E-state index contributed by atoms with van der Waals surface area (Å²) in [4.78, 5) is 33.3. The van der Waals surface area contributed by atoms with Crippen molar-refractivity contribution in [2.45, 2.75) is 36.8 Å². The summed E-state index contributed by atoms with van der Waals surface area (Å²) in [5, 5.41) is 0. The van der Waals surface area contributed by atoms with Crippen molar-refractivity contribution in [2.24, 2.45) is 5.92 Å². The van der Waals surface area contributed by atoms with E-state index in [9.17, 15) is 4.79 Å². The van der Waals surface area contributed by atoms with Crippen LogP contribution >= 0.6 is 0 Å². The van der Waals surface area contributed by atoms with E-state index in [2.05, 4.69) is 69.2 Å². The molecule has 0 atom stereocenters. The molecule has 2 aliphatic carbocycles. The van der Waals surface area contributed by atoms with Crippen LogP contribution in [0.1, 0.15) is 31.2 Å². The Morgan fingerprint density at radius 2 is 1.68 bits per heavy atom. The summed E-state index contributed by atoms with van der Waals surface area (Å²) >= 11 is 0. The van der Waals surface area contributed by atoms with Crippen LogP contribution in [0.2, 0.25) is 0 Å². The summed E-state index contributed by atoms with van der Waals surface area (Å²) < 4.78 is 0. The lowest BCUT2D eigenvalue weighted by Gasteiger charge is -2.60. The van der Waals surface area contributed by atoms with E-state index in [4.69, 9.17) is 0 Å². The number of hydrogen-bond acceptors (Lipinski definition) is 5. The Morgan fingerprint density at radius 3 is 2.29 bits per heavy atom. The molecule has 6 rings (SSSR count). The number of nitrogens with zero attached hydrogens (tertiary/aromatic N) is 6. The number of carbonyl (C=O) groups excluding carboxylic acids is 1. The minimum absolute atomic E-state index is 0.0545. The van der Waals surface area contributed by atoms with Gasteiger partial charge in [0, 0.05) is 24.5 Å². The predicted octanol–water partition coefficient (Wildman–Crippen LogP) is 4.18. The van der Waals surface area contributed by atoms with Gasteiger partial charge in [-0.05, 0) is 63.4 Å². The molecule has 0 radical (unpaired) electrons. The van der Waals surface area contributed by atoms with Crippen molar-refractivity contribution in [3.63, 3.8) is 0 Å². The number of urea groups is 1. The van der Waals surface area contributed by atoms with Crippen molar-refractivity contribution in [1.82, 2.24) is 24.8 Å². The first kappa shape index (κ1) is 21.2.